The zero-order chi connectivity index (χ0) is 18.9. The van der Waals surface area contributed by atoms with Gasteiger partial charge in [-0.25, -0.2) is 19.0 Å². The molecule has 1 spiro atoms. The Hall–Kier alpha value is -2.74. The third-order valence-electron chi connectivity index (χ3n) is 4.60. The van der Waals surface area contributed by atoms with E-state index in [-0.39, 0.29) is 11.4 Å². The molecule has 0 amide bonds. The highest BCUT2D eigenvalue weighted by molar-refractivity contribution is 7.14. The number of carbonyl (C=O) groups excluding carboxylic acids is 2. The molecule has 1 aromatic carbocycles. The fourth-order valence-electron chi connectivity index (χ4n) is 3.19. The first-order valence-corrected chi connectivity index (χ1v) is 9.57. The molecular weight excluding hydrogens is 371 g/mol. The summed E-state index contributed by atoms with van der Waals surface area (Å²) in [5.41, 5.74) is 1.24. The number of nitrogens with one attached hydrogen (secondary N) is 1. The fourth-order valence-corrected chi connectivity index (χ4v) is 3.88. The van der Waals surface area contributed by atoms with Gasteiger partial charge in [-0.05, 0) is 37.1 Å². The SMILES string of the molecule is O=C1OC2(CCCCC2)OC(=O)C1=CNc1nc(-c2ccc(F)cc2)cs1. The second kappa shape index (κ2) is 7.11. The van der Waals surface area contributed by atoms with Gasteiger partial charge in [0.15, 0.2) is 10.7 Å². The molecule has 1 N–H and O–H groups in total. The van der Waals surface area contributed by atoms with Crippen LogP contribution in [0.2, 0.25) is 0 Å². The third-order valence-corrected chi connectivity index (χ3v) is 5.37. The molecule has 1 saturated carbocycles. The van der Waals surface area contributed by atoms with Crippen LogP contribution >= 0.6 is 11.3 Å². The maximum atomic E-state index is 13.0. The van der Waals surface area contributed by atoms with Crippen molar-refractivity contribution in [1.29, 1.82) is 0 Å². The third kappa shape index (κ3) is 3.71. The molecule has 0 bridgehead atoms. The lowest BCUT2D eigenvalue weighted by Gasteiger charge is -2.38. The van der Waals surface area contributed by atoms with Gasteiger partial charge in [-0.3, -0.25) is 0 Å². The standard InChI is InChI=1S/C19H17FN2O4S/c20-13-6-4-12(5-7-13)15-11-27-18(22-15)21-10-14-16(23)25-19(26-17(14)24)8-2-1-3-9-19/h4-7,10-11H,1-3,8-9H2,(H,21,22). The van der Waals surface area contributed by atoms with E-state index in [1.165, 1.54) is 29.7 Å². The van der Waals surface area contributed by atoms with Crippen LogP contribution < -0.4 is 5.32 Å². The zero-order valence-electron chi connectivity index (χ0n) is 14.4. The predicted octanol–water partition coefficient (Wildman–Crippen LogP) is 4.01. The molecule has 4 rings (SSSR count). The number of nitrogens with zero attached hydrogens (tertiary/aromatic N) is 1. The van der Waals surface area contributed by atoms with Crippen molar-refractivity contribution in [2.75, 3.05) is 5.32 Å². The number of hydrogen-bond donors (Lipinski definition) is 1. The van der Waals surface area contributed by atoms with Crippen molar-refractivity contribution >= 4 is 28.4 Å². The molecule has 1 saturated heterocycles. The van der Waals surface area contributed by atoms with Gasteiger partial charge >= 0.3 is 11.9 Å². The summed E-state index contributed by atoms with van der Waals surface area (Å²) in [4.78, 5) is 28.9. The summed E-state index contributed by atoms with van der Waals surface area (Å²) in [5, 5.41) is 5.12. The van der Waals surface area contributed by atoms with E-state index < -0.39 is 17.7 Å². The molecule has 140 valence electrons. The molecule has 0 unspecified atom stereocenters. The van der Waals surface area contributed by atoms with E-state index in [9.17, 15) is 14.0 Å². The highest BCUT2D eigenvalue weighted by atomic mass is 32.1. The van der Waals surface area contributed by atoms with Crippen LogP contribution in [-0.4, -0.2) is 22.7 Å². The van der Waals surface area contributed by atoms with E-state index >= 15 is 0 Å². The molecule has 6 nitrogen and oxygen atoms in total. The highest BCUT2D eigenvalue weighted by Gasteiger charge is 2.46. The van der Waals surface area contributed by atoms with Gasteiger partial charge in [0, 0.05) is 30.0 Å². The first-order valence-electron chi connectivity index (χ1n) is 8.70. The summed E-state index contributed by atoms with van der Waals surface area (Å²) >= 11 is 1.30. The number of halogens is 1. The number of hydrogen-bond acceptors (Lipinski definition) is 7. The van der Waals surface area contributed by atoms with Gasteiger partial charge in [-0.15, -0.1) is 11.3 Å². The van der Waals surface area contributed by atoms with E-state index in [2.05, 4.69) is 10.3 Å². The Balaban J connectivity index is 1.46. The van der Waals surface area contributed by atoms with Crippen molar-refractivity contribution in [3.8, 4) is 11.3 Å². The summed E-state index contributed by atoms with van der Waals surface area (Å²) in [6.07, 6.45) is 5.11. The largest absolute Gasteiger partial charge is 0.419 e. The van der Waals surface area contributed by atoms with Gasteiger partial charge in [0.2, 0.25) is 0 Å². The first kappa shape index (κ1) is 17.7. The number of aromatic nitrogens is 1. The van der Waals surface area contributed by atoms with Crippen molar-refractivity contribution in [1.82, 2.24) is 4.98 Å². The van der Waals surface area contributed by atoms with Gasteiger partial charge in [-0.2, -0.15) is 0 Å². The lowest BCUT2D eigenvalue weighted by atomic mass is 9.93. The zero-order valence-corrected chi connectivity index (χ0v) is 15.2. The van der Waals surface area contributed by atoms with Crippen LogP contribution in [0.3, 0.4) is 0 Å². The van der Waals surface area contributed by atoms with E-state index in [0.29, 0.717) is 23.7 Å². The molecule has 1 aliphatic carbocycles. The number of esters is 2. The average molecular weight is 388 g/mol. The van der Waals surface area contributed by atoms with Crippen molar-refractivity contribution < 1.29 is 23.5 Å². The van der Waals surface area contributed by atoms with Gasteiger partial charge < -0.3 is 14.8 Å². The van der Waals surface area contributed by atoms with Crippen molar-refractivity contribution in [3.05, 3.63) is 47.2 Å². The molecule has 27 heavy (non-hydrogen) atoms. The summed E-state index contributed by atoms with van der Waals surface area (Å²) in [7, 11) is 0. The smallest absolute Gasteiger partial charge is 0.350 e. The van der Waals surface area contributed by atoms with Crippen LogP contribution in [-0.2, 0) is 19.1 Å². The van der Waals surface area contributed by atoms with Crippen LogP contribution in [0.4, 0.5) is 9.52 Å². The Morgan fingerprint density at radius 3 is 2.41 bits per heavy atom. The minimum Gasteiger partial charge on any atom is -0.419 e. The molecule has 1 aromatic heterocycles. The summed E-state index contributed by atoms with van der Waals surface area (Å²) in [6.45, 7) is 0. The molecule has 2 fully saturated rings. The molecule has 2 aromatic rings. The Labute approximate surface area is 159 Å². The van der Waals surface area contributed by atoms with Crippen LogP contribution in [0.5, 0.6) is 0 Å². The quantitative estimate of drug-likeness (QED) is 0.486. The Morgan fingerprint density at radius 1 is 1.07 bits per heavy atom. The van der Waals surface area contributed by atoms with Crippen LogP contribution in [0.1, 0.15) is 32.1 Å². The van der Waals surface area contributed by atoms with E-state index in [4.69, 9.17) is 9.47 Å². The van der Waals surface area contributed by atoms with Gasteiger partial charge in [0.25, 0.3) is 5.79 Å². The van der Waals surface area contributed by atoms with Gasteiger partial charge in [-0.1, -0.05) is 6.42 Å². The lowest BCUT2D eigenvalue weighted by Crippen LogP contribution is -2.47. The van der Waals surface area contributed by atoms with Gasteiger partial charge in [0.05, 0.1) is 5.69 Å². The number of thiazole rings is 1. The van der Waals surface area contributed by atoms with E-state index in [1.54, 1.807) is 17.5 Å². The topological polar surface area (TPSA) is 77.5 Å². The minimum atomic E-state index is -1.10. The second-order valence-electron chi connectivity index (χ2n) is 6.50. The van der Waals surface area contributed by atoms with Crippen molar-refractivity contribution in [2.24, 2.45) is 0 Å². The second-order valence-corrected chi connectivity index (χ2v) is 7.36. The molecule has 2 heterocycles. The molecular formula is C19H17FN2O4S. The van der Waals surface area contributed by atoms with Crippen LogP contribution in [0.25, 0.3) is 11.3 Å². The molecule has 8 heteroatoms. The Bertz CT molecular complexity index is 879. The number of benzene rings is 1. The average Bonchev–Trinajstić information content (AvgIpc) is 3.11. The van der Waals surface area contributed by atoms with E-state index in [1.807, 2.05) is 0 Å². The van der Waals surface area contributed by atoms with Crippen LogP contribution in [0.15, 0.2) is 41.4 Å². The normalized spacial score (nSPS) is 18.8. The number of carbonyl (C=O) groups is 2. The summed E-state index contributed by atoms with van der Waals surface area (Å²) < 4.78 is 23.9. The monoisotopic (exact) mass is 388 g/mol. The fraction of sp³-hybridized carbons (Fsp3) is 0.316. The Kier molecular flexibility index (Phi) is 4.65. The lowest BCUT2D eigenvalue weighted by molar-refractivity contribution is -0.244. The maximum Gasteiger partial charge on any atom is 0.350 e. The first-order chi connectivity index (χ1) is 13.0. The molecule has 1 aliphatic heterocycles. The number of ether oxygens (including phenoxy) is 2. The Morgan fingerprint density at radius 2 is 1.74 bits per heavy atom. The van der Waals surface area contributed by atoms with Crippen molar-refractivity contribution in [3.63, 3.8) is 0 Å². The number of rotatable bonds is 3. The molecule has 0 atom stereocenters. The highest BCUT2D eigenvalue weighted by Crippen LogP contribution is 2.37. The molecule has 0 radical (unpaired) electrons. The minimum absolute atomic E-state index is 0.190. The van der Waals surface area contributed by atoms with Crippen LogP contribution in [0, 0.1) is 5.82 Å². The number of anilines is 1. The van der Waals surface area contributed by atoms with Gasteiger partial charge in [0.1, 0.15) is 5.82 Å². The maximum absolute atomic E-state index is 13.0. The predicted molar refractivity (Wildman–Crippen MR) is 97.2 cm³/mol. The molecule has 2 aliphatic rings. The van der Waals surface area contributed by atoms with E-state index in [0.717, 1.165) is 24.8 Å². The summed E-state index contributed by atoms with van der Waals surface area (Å²) in [6, 6.07) is 5.98. The van der Waals surface area contributed by atoms with Crippen molar-refractivity contribution in [2.45, 2.75) is 37.9 Å². The summed E-state index contributed by atoms with van der Waals surface area (Å²) in [5.74, 6) is -2.78.